The summed E-state index contributed by atoms with van der Waals surface area (Å²) in [5.74, 6) is 0. The second kappa shape index (κ2) is 7.47. The Morgan fingerprint density at radius 2 is 2.00 bits per heavy atom. The molecule has 0 fully saturated rings. The van der Waals surface area contributed by atoms with Crippen LogP contribution in [-0.4, -0.2) is 28.0 Å². The molecule has 142 valence electrons. The summed E-state index contributed by atoms with van der Waals surface area (Å²) in [7, 11) is 2.29. The Balaban J connectivity index is 1.77. The van der Waals surface area contributed by atoms with Gasteiger partial charge in [-0.1, -0.05) is 31.0 Å². The van der Waals surface area contributed by atoms with Gasteiger partial charge in [-0.15, -0.1) is 0 Å². The van der Waals surface area contributed by atoms with Gasteiger partial charge in [-0.3, -0.25) is 9.88 Å². The van der Waals surface area contributed by atoms with E-state index in [-0.39, 0.29) is 0 Å². The van der Waals surface area contributed by atoms with Gasteiger partial charge in [-0.05, 0) is 63.1 Å². The van der Waals surface area contributed by atoms with Crippen LogP contribution in [0, 0.1) is 13.8 Å². The standard InChI is InChI=1S/C24H31N3/c1-5-6-22-24-20-15-17(2)7-10-21(20)27(23(24)12-13-26(22)4)14-11-19-9-8-18(3)25-16-19/h7-10,15-16,22H,5-6,11-14H2,1-4H3. The lowest BCUT2D eigenvalue weighted by Crippen LogP contribution is -2.32. The summed E-state index contributed by atoms with van der Waals surface area (Å²) in [6.45, 7) is 8.74. The third-order valence-corrected chi connectivity index (χ3v) is 6.10. The van der Waals surface area contributed by atoms with Crippen molar-refractivity contribution in [2.75, 3.05) is 13.6 Å². The van der Waals surface area contributed by atoms with Gasteiger partial charge in [-0.2, -0.15) is 0 Å². The summed E-state index contributed by atoms with van der Waals surface area (Å²) < 4.78 is 2.60. The second-order valence-electron chi connectivity index (χ2n) is 8.13. The average molecular weight is 362 g/mol. The van der Waals surface area contributed by atoms with Gasteiger partial charge in [0.1, 0.15) is 0 Å². The summed E-state index contributed by atoms with van der Waals surface area (Å²) in [6, 6.07) is 11.9. The molecule has 27 heavy (non-hydrogen) atoms. The number of benzene rings is 1. The molecule has 0 N–H and O–H groups in total. The fourth-order valence-corrected chi connectivity index (χ4v) is 4.63. The largest absolute Gasteiger partial charge is 0.344 e. The van der Waals surface area contributed by atoms with Crippen molar-refractivity contribution in [2.45, 2.75) is 59.0 Å². The van der Waals surface area contributed by atoms with Crippen molar-refractivity contribution in [3.8, 4) is 0 Å². The fraction of sp³-hybridized carbons (Fsp3) is 0.458. The van der Waals surface area contributed by atoms with Crippen LogP contribution in [0.2, 0.25) is 0 Å². The monoisotopic (exact) mass is 361 g/mol. The molecule has 1 aliphatic heterocycles. The predicted molar refractivity (Wildman–Crippen MR) is 113 cm³/mol. The molecule has 2 aromatic heterocycles. The van der Waals surface area contributed by atoms with Crippen LogP contribution in [0.5, 0.6) is 0 Å². The van der Waals surface area contributed by atoms with E-state index in [0.29, 0.717) is 6.04 Å². The van der Waals surface area contributed by atoms with Crippen molar-refractivity contribution < 1.29 is 0 Å². The molecule has 0 aliphatic carbocycles. The Bertz CT molecular complexity index is 936. The highest BCUT2D eigenvalue weighted by Gasteiger charge is 2.30. The summed E-state index contributed by atoms with van der Waals surface area (Å²) in [6.07, 6.45) is 6.67. The van der Waals surface area contributed by atoms with Crippen LogP contribution in [-0.2, 0) is 19.4 Å². The number of pyridine rings is 1. The van der Waals surface area contributed by atoms with Gasteiger partial charge in [0.15, 0.2) is 0 Å². The van der Waals surface area contributed by atoms with E-state index in [0.717, 1.165) is 31.6 Å². The summed E-state index contributed by atoms with van der Waals surface area (Å²) in [5.41, 5.74) is 8.32. The molecule has 0 amide bonds. The zero-order chi connectivity index (χ0) is 19.0. The predicted octanol–water partition coefficient (Wildman–Crippen LogP) is 5.22. The Hall–Kier alpha value is -2.13. The zero-order valence-electron chi connectivity index (χ0n) is 17.1. The number of likely N-dealkylation sites (N-methyl/N-ethyl adjacent to an activating group) is 1. The van der Waals surface area contributed by atoms with E-state index in [4.69, 9.17) is 0 Å². The van der Waals surface area contributed by atoms with E-state index in [1.807, 2.05) is 13.1 Å². The molecule has 1 atom stereocenters. The van der Waals surface area contributed by atoms with Crippen LogP contribution in [0.4, 0.5) is 0 Å². The van der Waals surface area contributed by atoms with Gasteiger partial charge in [0.05, 0.1) is 0 Å². The highest BCUT2D eigenvalue weighted by molar-refractivity contribution is 5.87. The lowest BCUT2D eigenvalue weighted by atomic mass is 9.92. The maximum absolute atomic E-state index is 4.47. The van der Waals surface area contributed by atoms with Crippen LogP contribution in [0.1, 0.15) is 53.9 Å². The number of rotatable bonds is 5. The van der Waals surface area contributed by atoms with Crippen LogP contribution in [0.15, 0.2) is 36.5 Å². The van der Waals surface area contributed by atoms with Crippen molar-refractivity contribution >= 4 is 10.9 Å². The fourth-order valence-electron chi connectivity index (χ4n) is 4.63. The summed E-state index contributed by atoms with van der Waals surface area (Å²) in [5, 5.41) is 1.47. The number of aryl methyl sites for hydroxylation is 4. The summed E-state index contributed by atoms with van der Waals surface area (Å²) in [4.78, 5) is 7.03. The van der Waals surface area contributed by atoms with Crippen molar-refractivity contribution in [3.05, 3.63) is 64.6 Å². The van der Waals surface area contributed by atoms with E-state index in [1.54, 1.807) is 11.3 Å². The molecule has 3 nitrogen and oxygen atoms in total. The van der Waals surface area contributed by atoms with Gasteiger partial charge in [0, 0.05) is 54.0 Å². The number of hydrogen-bond acceptors (Lipinski definition) is 2. The van der Waals surface area contributed by atoms with Gasteiger partial charge in [0.25, 0.3) is 0 Å². The second-order valence-corrected chi connectivity index (χ2v) is 8.13. The molecule has 0 radical (unpaired) electrons. The average Bonchev–Trinajstić information content (AvgIpc) is 2.96. The molecule has 0 bridgehead atoms. The first-order valence-electron chi connectivity index (χ1n) is 10.3. The van der Waals surface area contributed by atoms with Gasteiger partial charge in [0.2, 0.25) is 0 Å². The minimum atomic E-state index is 0.547. The maximum atomic E-state index is 4.47. The van der Waals surface area contributed by atoms with Gasteiger partial charge < -0.3 is 4.57 Å². The molecule has 3 heterocycles. The number of aromatic nitrogens is 2. The van der Waals surface area contributed by atoms with Gasteiger partial charge >= 0.3 is 0 Å². The quantitative estimate of drug-likeness (QED) is 0.621. The lowest BCUT2D eigenvalue weighted by Gasteiger charge is -2.34. The van der Waals surface area contributed by atoms with Crippen molar-refractivity contribution in [1.82, 2.24) is 14.5 Å². The normalized spacial score (nSPS) is 17.4. The van der Waals surface area contributed by atoms with E-state index >= 15 is 0 Å². The van der Waals surface area contributed by atoms with E-state index < -0.39 is 0 Å². The molecule has 1 aromatic carbocycles. The molecular formula is C24H31N3. The molecule has 3 aromatic rings. The molecule has 1 aliphatic rings. The van der Waals surface area contributed by atoms with Crippen LogP contribution in [0.25, 0.3) is 10.9 Å². The number of nitrogens with zero attached hydrogens (tertiary/aromatic N) is 3. The van der Waals surface area contributed by atoms with Crippen molar-refractivity contribution in [1.29, 1.82) is 0 Å². The minimum absolute atomic E-state index is 0.547. The smallest absolute Gasteiger partial charge is 0.0486 e. The maximum Gasteiger partial charge on any atom is 0.0486 e. The van der Waals surface area contributed by atoms with Crippen molar-refractivity contribution in [2.24, 2.45) is 0 Å². The molecule has 1 unspecified atom stereocenters. The van der Waals surface area contributed by atoms with E-state index in [2.05, 4.69) is 65.7 Å². The molecular weight excluding hydrogens is 330 g/mol. The Morgan fingerprint density at radius 1 is 1.15 bits per heavy atom. The van der Waals surface area contributed by atoms with E-state index in [1.165, 1.54) is 34.9 Å². The highest BCUT2D eigenvalue weighted by Crippen LogP contribution is 2.39. The Labute approximate surface area is 163 Å². The first-order chi connectivity index (χ1) is 13.1. The Kier molecular flexibility index (Phi) is 5.05. The first-order valence-corrected chi connectivity index (χ1v) is 10.3. The third kappa shape index (κ3) is 3.41. The third-order valence-electron chi connectivity index (χ3n) is 6.10. The van der Waals surface area contributed by atoms with Crippen LogP contribution >= 0.6 is 0 Å². The molecule has 0 spiro atoms. The number of fused-ring (bicyclic) bond motifs is 3. The molecule has 3 heteroatoms. The van der Waals surface area contributed by atoms with Crippen LogP contribution < -0.4 is 0 Å². The molecule has 0 saturated heterocycles. The highest BCUT2D eigenvalue weighted by atomic mass is 15.2. The lowest BCUT2D eigenvalue weighted by molar-refractivity contribution is 0.217. The minimum Gasteiger partial charge on any atom is -0.344 e. The topological polar surface area (TPSA) is 21.1 Å². The Morgan fingerprint density at radius 3 is 2.74 bits per heavy atom. The zero-order valence-corrected chi connectivity index (χ0v) is 17.1. The van der Waals surface area contributed by atoms with E-state index in [9.17, 15) is 0 Å². The van der Waals surface area contributed by atoms with Gasteiger partial charge in [-0.25, -0.2) is 0 Å². The van der Waals surface area contributed by atoms with Crippen LogP contribution in [0.3, 0.4) is 0 Å². The number of hydrogen-bond donors (Lipinski definition) is 0. The SMILES string of the molecule is CCCC1c2c(n(CCc3ccc(C)nc3)c3ccc(C)cc23)CCN1C. The van der Waals surface area contributed by atoms with Crippen molar-refractivity contribution in [3.63, 3.8) is 0 Å². The first kappa shape index (κ1) is 18.2. The summed E-state index contributed by atoms with van der Waals surface area (Å²) >= 11 is 0. The molecule has 4 rings (SSSR count). The molecule has 0 saturated carbocycles.